The number of ether oxygens (including phenoxy) is 1. The molecule has 2 fully saturated rings. The summed E-state index contributed by atoms with van der Waals surface area (Å²) in [5.74, 6) is 1.46. The average Bonchev–Trinajstić information content (AvgIpc) is 2.76. The Morgan fingerprint density at radius 2 is 1.84 bits per heavy atom. The van der Waals surface area contributed by atoms with Crippen molar-refractivity contribution in [3.8, 4) is 5.88 Å². The number of rotatable bonds is 5. The number of piperidine rings is 1. The quantitative estimate of drug-likeness (QED) is 0.830. The SMILES string of the molecule is Cc1cc(OCCC2CCNCC2)ncc1B1OC(C)(C)C(C)(C)O1. The molecule has 0 bridgehead atoms. The van der Waals surface area contributed by atoms with Gasteiger partial charge in [0.1, 0.15) is 0 Å². The molecule has 1 aromatic rings. The van der Waals surface area contributed by atoms with Crippen LogP contribution >= 0.6 is 0 Å². The lowest BCUT2D eigenvalue weighted by Crippen LogP contribution is -2.41. The van der Waals surface area contributed by atoms with Crippen LogP contribution in [-0.2, 0) is 9.31 Å². The molecule has 5 nitrogen and oxygen atoms in total. The first kappa shape index (κ1) is 18.7. The minimum absolute atomic E-state index is 0.339. The summed E-state index contributed by atoms with van der Waals surface area (Å²) in [6.07, 6.45) is 5.42. The third-order valence-electron chi connectivity index (χ3n) is 5.87. The third-order valence-corrected chi connectivity index (χ3v) is 5.87. The van der Waals surface area contributed by atoms with Gasteiger partial charge in [0.15, 0.2) is 0 Å². The van der Waals surface area contributed by atoms with E-state index in [1.807, 2.05) is 12.3 Å². The molecule has 0 aromatic carbocycles. The van der Waals surface area contributed by atoms with Crippen LogP contribution in [0.2, 0.25) is 0 Å². The fraction of sp³-hybridized carbons (Fsp3) is 0.737. The van der Waals surface area contributed by atoms with Gasteiger partial charge in [-0.1, -0.05) is 0 Å². The van der Waals surface area contributed by atoms with Gasteiger partial charge in [-0.25, -0.2) is 4.98 Å². The Morgan fingerprint density at radius 3 is 2.44 bits per heavy atom. The molecule has 2 aliphatic heterocycles. The summed E-state index contributed by atoms with van der Waals surface area (Å²) in [6, 6.07) is 1.99. The van der Waals surface area contributed by atoms with E-state index in [9.17, 15) is 0 Å². The molecule has 6 heteroatoms. The minimum Gasteiger partial charge on any atom is -0.478 e. The van der Waals surface area contributed by atoms with Gasteiger partial charge in [-0.3, -0.25) is 0 Å². The Labute approximate surface area is 152 Å². The number of pyridine rings is 1. The summed E-state index contributed by atoms with van der Waals surface area (Å²) in [5.41, 5.74) is 1.39. The maximum atomic E-state index is 6.12. The summed E-state index contributed by atoms with van der Waals surface area (Å²) < 4.78 is 18.1. The van der Waals surface area contributed by atoms with E-state index in [2.05, 4.69) is 44.9 Å². The molecule has 0 atom stereocenters. The zero-order valence-corrected chi connectivity index (χ0v) is 16.2. The highest BCUT2D eigenvalue weighted by Crippen LogP contribution is 2.36. The van der Waals surface area contributed by atoms with E-state index in [0.29, 0.717) is 5.88 Å². The number of hydrogen-bond donors (Lipinski definition) is 1. The van der Waals surface area contributed by atoms with E-state index < -0.39 is 0 Å². The van der Waals surface area contributed by atoms with Gasteiger partial charge in [0.05, 0.1) is 17.8 Å². The Morgan fingerprint density at radius 1 is 1.20 bits per heavy atom. The maximum Gasteiger partial charge on any atom is 0.496 e. The lowest BCUT2D eigenvalue weighted by atomic mass is 9.77. The van der Waals surface area contributed by atoms with Crippen LogP contribution in [0.5, 0.6) is 5.88 Å². The van der Waals surface area contributed by atoms with Gasteiger partial charge >= 0.3 is 7.12 Å². The van der Waals surface area contributed by atoms with Crippen molar-refractivity contribution < 1.29 is 14.0 Å². The standard InChI is InChI=1S/C19H31BN2O3/c1-14-12-17(23-11-8-15-6-9-21-10-7-15)22-13-16(14)20-24-18(2,3)19(4,5)25-20/h12-13,15,21H,6-11H2,1-5H3. The predicted molar refractivity (Wildman–Crippen MR) is 100 cm³/mol. The van der Waals surface area contributed by atoms with Crippen molar-refractivity contribution >= 4 is 12.6 Å². The molecule has 0 aliphatic carbocycles. The van der Waals surface area contributed by atoms with Gasteiger partial charge in [0.25, 0.3) is 0 Å². The first-order valence-electron chi connectivity index (χ1n) is 9.44. The summed E-state index contributed by atoms with van der Waals surface area (Å²) in [4.78, 5) is 4.47. The maximum absolute atomic E-state index is 6.12. The van der Waals surface area contributed by atoms with Gasteiger partial charge in [0.2, 0.25) is 5.88 Å². The van der Waals surface area contributed by atoms with E-state index >= 15 is 0 Å². The third kappa shape index (κ3) is 4.18. The first-order valence-corrected chi connectivity index (χ1v) is 9.44. The van der Waals surface area contributed by atoms with Crippen LogP contribution in [0.15, 0.2) is 12.3 Å². The molecular weight excluding hydrogens is 315 g/mol. The van der Waals surface area contributed by atoms with E-state index in [0.717, 1.165) is 43.1 Å². The molecule has 1 aromatic heterocycles. The molecule has 0 unspecified atom stereocenters. The largest absolute Gasteiger partial charge is 0.496 e. The Hall–Kier alpha value is -1.11. The molecule has 3 heterocycles. The first-order chi connectivity index (χ1) is 11.8. The minimum atomic E-state index is -0.374. The molecule has 25 heavy (non-hydrogen) atoms. The van der Waals surface area contributed by atoms with E-state index in [4.69, 9.17) is 14.0 Å². The molecule has 0 spiro atoms. The topological polar surface area (TPSA) is 52.6 Å². The Bertz CT molecular complexity index is 584. The predicted octanol–water partition coefficient (Wildman–Crippen LogP) is 2.46. The second kappa shape index (κ2) is 7.26. The molecular formula is C19H31BN2O3. The highest BCUT2D eigenvalue weighted by molar-refractivity contribution is 6.62. The smallest absolute Gasteiger partial charge is 0.478 e. The van der Waals surface area contributed by atoms with Crippen LogP contribution < -0.4 is 15.5 Å². The van der Waals surface area contributed by atoms with E-state index in [-0.39, 0.29) is 18.3 Å². The van der Waals surface area contributed by atoms with Crippen molar-refractivity contribution in [2.45, 2.75) is 65.1 Å². The molecule has 2 saturated heterocycles. The number of aryl methyl sites for hydroxylation is 1. The highest BCUT2D eigenvalue weighted by atomic mass is 16.7. The average molecular weight is 346 g/mol. The molecule has 2 aliphatic rings. The molecule has 3 rings (SSSR count). The fourth-order valence-electron chi connectivity index (χ4n) is 3.34. The molecule has 0 radical (unpaired) electrons. The Balaban J connectivity index is 1.58. The van der Waals surface area contributed by atoms with E-state index in [1.165, 1.54) is 12.8 Å². The van der Waals surface area contributed by atoms with Crippen LogP contribution in [-0.4, -0.2) is 43.0 Å². The van der Waals surface area contributed by atoms with Crippen LogP contribution in [0.25, 0.3) is 0 Å². The lowest BCUT2D eigenvalue weighted by Gasteiger charge is -2.32. The second-order valence-electron chi connectivity index (χ2n) is 8.30. The molecule has 0 saturated carbocycles. The van der Waals surface area contributed by atoms with Crippen molar-refractivity contribution in [3.05, 3.63) is 17.8 Å². The summed E-state index contributed by atoms with van der Waals surface area (Å²) in [7, 11) is -0.374. The number of hydrogen-bond acceptors (Lipinski definition) is 5. The molecule has 138 valence electrons. The number of aromatic nitrogens is 1. The fourth-order valence-corrected chi connectivity index (χ4v) is 3.34. The summed E-state index contributed by atoms with van der Waals surface area (Å²) >= 11 is 0. The molecule has 1 N–H and O–H groups in total. The van der Waals surface area contributed by atoms with Crippen molar-refractivity contribution in [2.75, 3.05) is 19.7 Å². The highest BCUT2D eigenvalue weighted by Gasteiger charge is 2.52. The van der Waals surface area contributed by atoms with Crippen molar-refractivity contribution in [2.24, 2.45) is 5.92 Å². The van der Waals surface area contributed by atoms with Crippen molar-refractivity contribution in [3.63, 3.8) is 0 Å². The van der Waals surface area contributed by atoms with Crippen LogP contribution in [0.4, 0.5) is 0 Å². The summed E-state index contributed by atoms with van der Waals surface area (Å²) in [5, 5.41) is 3.40. The normalized spacial score (nSPS) is 23.0. The zero-order chi connectivity index (χ0) is 18.1. The van der Waals surface area contributed by atoms with Crippen LogP contribution in [0.1, 0.15) is 52.5 Å². The van der Waals surface area contributed by atoms with Crippen molar-refractivity contribution in [1.29, 1.82) is 0 Å². The van der Waals surface area contributed by atoms with E-state index in [1.54, 1.807) is 0 Å². The molecule has 0 amide bonds. The second-order valence-corrected chi connectivity index (χ2v) is 8.30. The Kier molecular flexibility index (Phi) is 5.42. The summed E-state index contributed by atoms with van der Waals surface area (Å²) in [6.45, 7) is 13.3. The van der Waals surface area contributed by atoms with Gasteiger partial charge in [-0.2, -0.15) is 0 Å². The van der Waals surface area contributed by atoms with Gasteiger partial charge < -0.3 is 19.4 Å². The zero-order valence-electron chi connectivity index (χ0n) is 16.2. The van der Waals surface area contributed by atoms with Crippen LogP contribution in [0.3, 0.4) is 0 Å². The lowest BCUT2D eigenvalue weighted by molar-refractivity contribution is 0.00578. The van der Waals surface area contributed by atoms with Gasteiger partial charge in [-0.05, 0) is 78.5 Å². The van der Waals surface area contributed by atoms with Gasteiger partial charge in [-0.15, -0.1) is 0 Å². The van der Waals surface area contributed by atoms with Crippen LogP contribution in [0, 0.1) is 12.8 Å². The van der Waals surface area contributed by atoms with Gasteiger partial charge in [0, 0.05) is 17.7 Å². The number of nitrogens with zero attached hydrogens (tertiary/aromatic N) is 1. The monoisotopic (exact) mass is 346 g/mol. The van der Waals surface area contributed by atoms with Crippen molar-refractivity contribution in [1.82, 2.24) is 10.3 Å². The number of nitrogens with one attached hydrogen (secondary N) is 1.